The lowest BCUT2D eigenvalue weighted by molar-refractivity contribution is 0.0894. The van der Waals surface area contributed by atoms with Gasteiger partial charge >= 0.3 is 0 Å². The van der Waals surface area contributed by atoms with Gasteiger partial charge in [-0.25, -0.2) is 21.7 Å². The van der Waals surface area contributed by atoms with Gasteiger partial charge in [-0.2, -0.15) is 10.4 Å². The number of nitriles is 1. The summed E-state index contributed by atoms with van der Waals surface area (Å²) in [7, 11) is -4.32. The molecule has 2 aromatic heterocycles. The molecule has 2 atom stereocenters. The highest BCUT2D eigenvalue weighted by molar-refractivity contribution is 7.92. The maximum Gasteiger partial charge on any atom is 0.257 e. The second-order valence-electron chi connectivity index (χ2n) is 8.66. The van der Waals surface area contributed by atoms with Crippen LogP contribution in [0.2, 0.25) is 0 Å². The van der Waals surface area contributed by atoms with Crippen molar-refractivity contribution in [1.29, 1.82) is 5.26 Å². The minimum absolute atomic E-state index is 0.00806. The molecule has 0 saturated carbocycles. The number of carbonyl (C=O) groups excluding carboxylic acids is 1. The van der Waals surface area contributed by atoms with E-state index in [1.54, 1.807) is 24.4 Å². The molecule has 0 radical (unpaired) electrons. The number of pyridine rings is 1. The molecule has 2 aromatic carbocycles. The number of carbonyl (C=O) groups is 1. The molecule has 4 aromatic rings. The lowest BCUT2D eigenvalue weighted by Gasteiger charge is -2.33. The molecule has 1 N–H and O–H groups in total. The molecule has 0 spiro atoms. The third-order valence-electron chi connectivity index (χ3n) is 6.42. The largest absolute Gasteiger partial charge is 0.323 e. The molecule has 8 nitrogen and oxygen atoms in total. The molecule has 0 aliphatic carbocycles. The highest BCUT2D eigenvalue weighted by Gasteiger charge is 2.42. The van der Waals surface area contributed by atoms with Crippen LogP contribution in [0.5, 0.6) is 0 Å². The third kappa shape index (κ3) is 4.57. The van der Waals surface area contributed by atoms with Crippen LogP contribution in [0.1, 0.15) is 40.4 Å². The highest BCUT2D eigenvalue weighted by Crippen LogP contribution is 2.37. The Kier molecular flexibility index (Phi) is 6.45. The molecular weight excluding hydrogens is 500 g/mol. The van der Waals surface area contributed by atoms with Gasteiger partial charge in [0.1, 0.15) is 11.6 Å². The Labute approximate surface area is 211 Å². The van der Waals surface area contributed by atoms with Crippen LogP contribution in [-0.2, 0) is 9.84 Å². The Morgan fingerprint density at radius 2 is 1.97 bits per heavy atom. The number of hydrogen-bond donors (Lipinski definition) is 1. The first kappa shape index (κ1) is 24.5. The maximum atomic E-state index is 14.8. The molecule has 1 saturated heterocycles. The molecule has 188 valence electrons. The van der Waals surface area contributed by atoms with E-state index in [-0.39, 0.29) is 28.1 Å². The van der Waals surface area contributed by atoms with Gasteiger partial charge in [-0.3, -0.25) is 9.69 Å². The number of aromatic nitrogens is 2. The fraction of sp³-hybridized carbons (Fsp3) is 0.192. The SMILES string of the molecule is N#Cc1cccc(S(=O)(=O)[C@H](NC(=O)c2cnn3ccccc23)N2CCC[C@@H]2c2cc(F)ccc2F)c1. The number of rotatable bonds is 6. The van der Waals surface area contributed by atoms with Crippen LogP contribution >= 0.6 is 0 Å². The number of nitrogens with one attached hydrogen (secondary N) is 1. The Balaban J connectivity index is 1.59. The fourth-order valence-corrected chi connectivity index (χ4v) is 6.37. The summed E-state index contributed by atoms with van der Waals surface area (Å²) < 4.78 is 58.1. The number of fused-ring (bicyclic) bond motifs is 1. The molecule has 0 bridgehead atoms. The van der Waals surface area contributed by atoms with Gasteiger partial charge in [0.05, 0.1) is 33.8 Å². The number of benzene rings is 2. The summed E-state index contributed by atoms with van der Waals surface area (Å²) in [4.78, 5) is 14.7. The zero-order valence-corrected chi connectivity index (χ0v) is 20.2. The van der Waals surface area contributed by atoms with Gasteiger partial charge in [-0.05, 0) is 61.4 Å². The first-order valence-corrected chi connectivity index (χ1v) is 13.0. The van der Waals surface area contributed by atoms with E-state index in [1.165, 1.54) is 39.9 Å². The fourth-order valence-electron chi connectivity index (χ4n) is 4.68. The van der Waals surface area contributed by atoms with Crippen molar-refractivity contribution in [1.82, 2.24) is 19.8 Å². The zero-order valence-electron chi connectivity index (χ0n) is 19.4. The smallest absolute Gasteiger partial charge is 0.257 e. The van der Waals surface area contributed by atoms with E-state index in [2.05, 4.69) is 10.4 Å². The predicted octanol–water partition coefficient (Wildman–Crippen LogP) is 3.81. The molecular formula is C26H21F2N5O3S. The summed E-state index contributed by atoms with van der Waals surface area (Å²) >= 11 is 0. The topological polar surface area (TPSA) is 108 Å². The van der Waals surface area contributed by atoms with E-state index >= 15 is 0 Å². The molecule has 1 fully saturated rings. The second kappa shape index (κ2) is 9.72. The van der Waals surface area contributed by atoms with Gasteiger partial charge in [-0.15, -0.1) is 0 Å². The molecule has 1 aliphatic rings. The van der Waals surface area contributed by atoms with Crippen LogP contribution in [0.25, 0.3) is 5.52 Å². The number of sulfone groups is 1. The van der Waals surface area contributed by atoms with E-state index in [0.717, 1.165) is 18.2 Å². The van der Waals surface area contributed by atoms with Crippen molar-refractivity contribution >= 4 is 21.3 Å². The normalized spacial score (nSPS) is 16.9. The maximum absolute atomic E-state index is 14.8. The number of nitrogens with zero attached hydrogens (tertiary/aromatic N) is 4. The summed E-state index contributed by atoms with van der Waals surface area (Å²) in [6, 6.07) is 14.7. The standard InChI is InChI=1S/C26H21F2N5O3S/c27-18-9-10-22(28)20(14-18)23-8-4-11-32(23)26(37(35,36)19-6-3-5-17(13-19)15-29)31-25(34)21-16-30-33-12-2-1-7-24(21)33/h1-3,5-7,9-10,12-14,16,23,26H,4,8,11H2,(H,31,34)/t23-,26-/m1/s1. The summed E-state index contributed by atoms with van der Waals surface area (Å²) in [6.07, 6.45) is 3.84. The Morgan fingerprint density at radius 1 is 1.14 bits per heavy atom. The lowest BCUT2D eigenvalue weighted by Crippen LogP contribution is -2.52. The van der Waals surface area contributed by atoms with Crippen LogP contribution in [-0.4, -0.2) is 40.9 Å². The van der Waals surface area contributed by atoms with E-state index in [4.69, 9.17) is 0 Å². The van der Waals surface area contributed by atoms with Crippen LogP contribution < -0.4 is 5.32 Å². The number of hydrogen-bond acceptors (Lipinski definition) is 6. The van der Waals surface area contributed by atoms with E-state index in [9.17, 15) is 27.3 Å². The van der Waals surface area contributed by atoms with Crippen molar-refractivity contribution < 1.29 is 22.0 Å². The minimum Gasteiger partial charge on any atom is -0.323 e. The minimum atomic E-state index is -4.32. The van der Waals surface area contributed by atoms with Gasteiger partial charge < -0.3 is 5.32 Å². The van der Waals surface area contributed by atoms with Crippen molar-refractivity contribution in [3.8, 4) is 6.07 Å². The molecule has 0 unspecified atom stereocenters. The average molecular weight is 522 g/mol. The van der Waals surface area contributed by atoms with Crippen molar-refractivity contribution in [3.05, 3.63) is 101 Å². The van der Waals surface area contributed by atoms with Crippen molar-refractivity contribution in [3.63, 3.8) is 0 Å². The Bertz CT molecular complexity index is 1650. The van der Waals surface area contributed by atoms with E-state index in [0.29, 0.717) is 18.4 Å². The van der Waals surface area contributed by atoms with Gasteiger partial charge in [0.25, 0.3) is 5.91 Å². The van der Waals surface area contributed by atoms with Crippen LogP contribution in [0.15, 0.2) is 78.0 Å². The van der Waals surface area contributed by atoms with Gasteiger partial charge in [-0.1, -0.05) is 12.1 Å². The Morgan fingerprint density at radius 3 is 2.78 bits per heavy atom. The van der Waals surface area contributed by atoms with Gasteiger partial charge in [0, 0.05) is 24.3 Å². The molecule has 1 aliphatic heterocycles. The average Bonchev–Trinajstić information content (AvgIpc) is 3.56. The quantitative estimate of drug-likeness (QED) is 0.414. The van der Waals surface area contributed by atoms with Crippen molar-refractivity contribution in [2.75, 3.05) is 6.54 Å². The summed E-state index contributed by atoms with van der Waals surface area (Å²) in [5.74, 6) is -2.02. The monoisotopic (exact) mass is 521 g/mol. The van der Waals surface area contributed by atoms with Crippen LogP contribution in [0.4, 0.5) is 8.78 Å². The predicted molar refractivity (Wildman–Crippen MR) is 130 cm³/mol. The molecule has 37 heavy (non-hydrogen) atoms. The summed E-state index contributed by atoms with van der Waals surface area (Å²) in [5, 5.41) is 16.0. The summed E-state index contributed by atoms with van der Waals surface area (Å²) in [5.41, 5.74) is -0.865. The van der Waals surface area contributed by atoms with E-state index < -0.39 is 38.9 Å². The number of amides is 1. The Hall–Kier alpha value is -4.14. The zero-order chi connectivity index (χ0) is 26.2. The van der Waals surface area contributed by atoms with Gasteiger partial charge in [0.2, 0.25) is 9.84 Å². The van der Waals surface area contributed by atoms with E-state index in [1.807, 2.05) is 6.07 Å². The lowest BCUT2D eigenvalue weighted by atomic mass is 10.0. The van der Waals surface area contributed by atoms with Crippen molar-refractivity contribution in [2.45, 2.75) is 29.3 Å². The molecule has 1 amide bonds. The van der Waals surface area contributed by atoms with Crippen LogP contribution in [0, 0.1) is 23.0 Å². The first-order chi connectivity index (χ1) is 17.8. The molecule has 3 heterocycles. The summed E-state index contributed by atoms with van der Waals surface area (Å²) in [6.45, 7) is 0.206. The second-order valence-corrected chi connectivity index (χ2v) is 10.7. The number of halogens is 2. The first-order valence-electron chi connectivity index (χ1n) is 11.5. The van der Waals surface area contributed by atoms with Gasteiger partial charge in [0.15, 0.2) is 5.50 Å². The molecule has 5 rings (SSSR count). The van der Waals surface area contributed by atoms with Crippen LogP contribution in [0.3, 0.4) is 0 Å². The number of likely N-dealkylation sites (tertiary alicyclic amines) is 1. The third-order valence-corrected chi connectivity index (χ3v) is 8.31. The molecule has 11 heteroatoms. The van der Waals surface area contributed by atoms with Crippen molar-refractivity contribution in [2.24, 2.45) is 0 Å². The highest BCUT2D eigenvalue weighted by atomic mass is 32.2.